The van der Waals surface area contributed by atoms with Gasteiger partial charge in [0.25, 0.3) is 0 Å². The smallest absolute Gasteiger partial charge is 0.200 e. The number of hydrogen-bond acceptors (Lipinski definition) is 3. The van der Waals surface area contributed by atoms with E-state index in [2.05, 4.69) is 15.5 Å². The predicted octanol–water partition coefficient (Wildman–Crippen LogP) is 2.78. The molecule has 0 atom stereocenters. The molecule has 0 radical (unpaired) electrons. The van der Waals surface area contributed by atoms with E-state index in [9.17, 15) is 22.0 Å². The molecule has 0 bridgehead atoms. The molecule has 0 aliphatic heterocycles. The van der Waals surface area contributed by atoms with Crippen molar-refractivity contribution >= 4 is 5.69 Å². The second-order valence-electron chi connectivity index (χ2n) is 3.51. The predicted molar refractivity (Wildman–Crippen MR) is 55.6 cm³/mol. The van der Waals surface area contributed by atoms with Crippen LogP contribution in [0, 0.1) is 29.1 Å². The van der Waals surface area contributed by atoms with E-state index in [0.29, 0.717) is 0 Å². The van der Waals surface area contributed by atoms with Gasteiger partial charge in [-0.2, -0.15) is 10.2 Å². The Morgan fingerprint density at radius 2 is 1.47 bits per heavy atom. The van der Waals surface area contributed by atoms with Crippen molar-refractivity contribution in [3.05, 3.63) is 53.1 Å². The van der Waals surface area contributed by atoms with E-state index in [4.69, 9.17) is 0 Å². The van der Waals surface area contributed by atoms with E-state index >= 15 is 0 Å². The molecule has 8 heteroatoms. The van der Waals surface area contributed by atoms with Gasteiger partial charge in [-0.05, 0) is 12.1 Å². The Morgan fingerprint density at radius 1 is 0.895 bits per heavy atom. The molecule has 0 saturated heterocycles. The average Bonchev–Trinajstić information content (AvgIpc) is 2.44. The highest BCUT2D eigenvalue weighted by molar-refractivity contribution is 5.47. The number of halogens is 5. The van der Waals surface area contributed by atoms with Crippen molar-refractivity contribution in [3.63, 3.8) is 0 Å². The van der Waals surface area contributed by atoms with Gasteiger partial charge in [-0.1, -0.05) is 0 Å². The molecule has 19 heavy (non-hydrogen) atoms. The van der Waals surface area contributed by atoms with Crippen LogP contribution in [0.2, 0.25) is 0 Å². The molecular formula is C11H6F5N3. The van der Waals surface area contributed by atoms with Gasteiger partial charge in [-0.3, -0.25) is 0 Å². The molecule has 0 unspecified atom stereocenters. The summed E-state index contributed by atoms with van der Waals surface area (Å²) in [6, 6.07) is 2.99. The highest BCUT2D eigenvalue weighted by atomic mass is 19.2. The number of nitrogens with zero attached hydrogens (tertiary/aromatic N) is 2. The van der Waals surface area contributed by atoms with Crippen LogP contribution in [0.1, 0.15) is 5.69 Å². The molecule has 0 fully saturated rings. The zero-order chi connectivity index (χ0) is 14.0. The Balaban J connectivity index is 2.31. The summed E-state index contributed by atoms with van der Waals surface area (Å²) in [4.78, 5) is 0. The first kappa shape index (κ1) is 13.2. The quantitative estimate of drug-likeness (QED) is 0.531. The van der Waals surface area contributed by atoms with Crippen LogP contribution >= 0.6 is 0 Å². The summed E-state index contributed by atoms with van der Waals surface area (Å²) < 4.78 is 65.2. The van der Waals surface area contributed by atoms with E-state index in [1.165, 1.54) is 18.3 Å². The molecule has 100 valence electrons. The third kappa shape index (κ3) is 2.47. The van der Waals surface area contributed by atoms with Gasteiger partial charge in [0.1, 0.15) is 5.69 Å². The summed E-state index contributed by atoms with van der Waals surface area (Å²) in [6.45, 7) is -0.230. The molecule has 2 aromatic rings. The van der Waals surface area contributed by atoms with Gasteiger partial charge < -0.3 is 5.32 Å². The van der Waals surface area contributed by atoms with E-state index in [1.54, 1.807) is 0 Å². The number of hydrogen-bond donors (Lipinski definition) is 1. The zero-order valence-corrected chi connectivity index (χ0v) is 9.22. The third-order valence-corrected chi connectivity index (χ3v) is 2.28. The van der Waals surface area contributed by atoms with E-state index in [0.717, 1.165) is 0 Å². The van der Waals surface area contributed by atoms with Gasteiger partial charge in [0.15, 0.2) is 23.3 Å². The highest BCUT2D eigenvalue weighted by Gasteiger charge is 2.25. The minimum atomic E-state index is -2.19. The first-order valence-corrected chi connectivity index (χ1v) is 5.04. The second-order valence-corrected chi connectivity index (χ2v) is 3.51. The first-order valence-electron chi connectivity index (χ1n) is 5.04. The molecule has 1 heterocycles. The van der Waals surface area contributed by atoms with Gasteiger partial charge in [0, 0.05) is 6.20 Å². The lowest BCUT2D eigenvalue weighted by atomic mass is 10.2. The molecule has 1 aromatic heterocycles. The van der Waals surface area contributed by atoms with Gasteiger partial charge in [0.05, 0.1) is 12.2 Å². The van der Waals surface area contributed by atoms with Crippen LogP contribution in [0.4, 0.5) is 27.6 Å². The molecule has 1 N–H and O–H groups in total. The monoisotopic (exact) mass is 275 g/mol. The van der Waals surface area contributed by atoms with Crippen LogP contribution in [0.3, 0.4) is 0 Å². The Kier molecular flexibility index (Phi) is 3.59. The van der Waals surface area contributed by atoms with Crippen molar-refractivity contribution < 1.29 is 22.0 Å². The maximum absolute atomic E-state index is 13.3. The van der Waals surface area contributed by atoms with Gasteiger partial charge in [-0.25, -0.2) is 22.0 Å². The Labute approximate surface area is 104 Å². The third-order valence-electron chi connectivity index (χ3n) is 2.28. The Bertz CT molecular complexity index is 574. The fraction of sp³-hybridized carbons (Fsp3) is 0.0909. The lowest BCUT2D eigenvalue weighted by Gasteiger charge is -2.10. The lowest BCUT2D eigenvalue weighted by Crippen LogP contribution is -2.10. The number of rotatable bonds is 3. The maximum Gasteiger partial charge on any atom is 0.200 e. The van der Waals surface area contributed by atoms with Crippen molar-refractivity contribution in [1.29, 1.82) is 0 Å². The summed E-state index contributed by atoms with van der Waals surface area (Å²) in [5.74, 6) is -10.0. The topological polar surface area (TPSA) is 37.8 Å². The molecular weight excluding hydrogens is 269 g/mol. The normalized spacial score (nSPS) is 10.6. The van der Waals surface area contributed by atoms with Crippen molar-refractivity contribution in [2.45, 2.75) is 6.54 Å². The molecule has 0 aliphatic rings. The molecule has 0 saturated carbocycles. The fourth-order valence-electron chi connectivity index (χ4n) is 1.37. The van der Waals surface area contributed by atoms with E-state index in [-0.39, 0.29) is 12.2 Å². The van der Waals surface area contributed by atoms with Crippen LogP contribution in [0.25, 0.3) is 0 Å². The molecule has 1 aromatic carbocycles. The fourth-order valence-corrected chi connectivity index (χ4v) is 1.37. The van der Waals surface area contributed by atoms with Crippen molar-refractivity contribution in [2.75, 3.05) is 5.32 Å². The van der Waals surface area contributed by atoms with Gasteiger partial charge >= 0.3 is 0 Å². The molecule has 0 spiro atoms. The number of benzene rings is 1. The molecule has 3 nitrogen and oxygen atoms in total. The standard InChI is InChI=1S/C11H6F5N3/c12-6-7(13)9(15)11(10(16)8(6)14)17-4-5-2-1-3-18-19-5/h1-3,17H,4H2. The number of anilines is 1. The number of nitrogens with one attached hydrogen (secondary N) is 1. The maximum atomic E-state index is 13.3. The molecule has 2 rings (SSSR count). The average molecular weight is 275 g/mol. The first-order chi connectivity index (χ1) is 9.02. The summed E-state index contributed by atoms with van der Waals surface area (Å²) in [7, 11) is 0. The Morgan fingerprint density at radius 3 is 2.00 bits per heavy atom. The highest BCUT2D eigenvalue weighted by Crippen LogP contribution is 2.27. The summed E-state index contributed by atoms with van der Waals surface area (Å²) in [5.41, 5.74) is -0.812. The zero-order valence-electron chi connectivity index (χ0n) is 9.22. The van der Waals surface area contributed by atoms with Gasteiger partial charge in [-0.15, -0.1) is 0 Å². The minimum absolute atomic E-state index is 0.230. The van der Waals surface area contributed by atoms with Crippen molar-refractivity contribution in [1.82, 2.24) is 10.2 Å². The second kappa shape index (κ2) is 5.17. The Hall–Kier alpha value is -2.25. The van der Waals surface area contributed by atoms with Crippen LogP contribution < -0.4 is 5.32 Å². The minimum Gasteiger partial charge on any atom is -0.374 e. The van der Waals surface area contributed by atoms with E-state index < -0.39 is 34.8 Å². The van der Waals surface area contributed by atoms with Crippen LogP contribution in [-0.2, 0) is 6.54 Å². The van der Waals surface area contributed by atoms with Crippen molar-refractivity contribution in [3.8, 4) is 0 Å². The summed E-state index contributed by atoms with van der Waals surface area (Å²) in [6.07, 6.45) is 1.38. The SMILES string of the molecule is Fc1c(F)c(F)c(NCc2cccnn2)c(F)c1F. The molecule has 0 aliphatic carbocycles. The van der Waals surface area contributed by atoms with E-state index in [1.807, 2.05) is 0 Å². The van der Waals surface area contributed by atoms with Crippen molar-refractivity contribution in [2.24, 2.45) is 0 Å². The van der Waals surface area contributed by atoms with Gasteiger partial charge in [0.2, 0.25) is 5.82 Å². The van der Waals surface area contributed by atoms with Crippen LogP contribution in [0.15, 0.2) is 18.3 Å². The molecule has 0 amide bonds. The van der Waals surface area contributed by atoms with Crippen LogP contribution in [-0.4, -0.2) is 10.2 Å². The number of aromatic nitrogens is 2. The summed E-state index contributed by atoms with van der Waals surface area (Å²) >= 11 is 0. The summed E-state index contributed by atoms with van der Waals surface area (Å²) in [5, 5.41) is 9.21. The largest absolute Gasteiger partial charge is 0.374 e. The van der Waals surface area contributed by atoms with Crippen LogP contribution in [0.5, 0.6) is 0 Å². The lowest BCUT2D eigenvalue weighted by molar-refractivity contribution is 0.381.